The van der Waals surface area contributed by atoms with Crippen molar-refractivity contribution < 1.29 is 0 Å². The van der Waals surface area contributed by atoms with Crippen LogP contribution in [0, 0.1) is 0 Å². The third-order valence-corrected chi connectivity index (χ3v) is 18.7. The number of nitrogens with one attached hydrogen (secondary N) is 1. The number of para-hydroxylation sites is 6. The minimum absolute atomic E-state index is 1.08. The van der Waals surface area contributed by atoms with Gasteiger partial charge in [0.05, 0.1) is 27.8 Å². The molecule has 0 atom stereocenters. The van der Waals surface area contributed by atoms with Gasteiger partial charge < -0.3 is 19.4 Å². The zero-order valence-corrected chi connectivity index (χ0v) is 52.4. The van der Waals surface area contributed by atoms with Crippen molar-refractivity contribution in [2.45, 2.75) is 0 Å². The average Bonchev–Trinajstić information content (AvgIpc) is 1.63. The molecule has 2 heterocycles. The molecule has 0 bridgehead atoms. The van der Waals surface area contributed by atoms with Gasteiger partial charge in [0, 0.05) is 70.9 Å². The zero-order valence-electron chi connectivity index (χ0n) is 50.9. The van der Waals surface area contributed by atoms with Crippen LogP contribution in [0.25, 0.3) is 120 Å². The molecule has 0 aliphatic carbocycles. The Hall–Kier alpha value is -11.8. The van der Waals surface area contributed by atoms with Gasteiger partial charge in [0.2, 0.25) is 0 Å². The van der Waals surface area contributed by atoms with Crippen LogP contribution in [0.4, 0.5) is 28.4 Å². The summed E-state index contributed by atoms with van der Waals surface area (Å²) in [5, 5.41) is 18.6. The Kier molecular flexibility index (Phi) is 15.1. The van der Waals surface area contributed by atoms with Crippen molar-refractivity contribution in [3.8, 4) is 33.6 Å². The Labute approximate surface area is 548 Å². The van der Waals surface area contributed by atoms with E-state index in [9.17, 15) is 0 Å². The van der Waals surface area contributed by atoms with Gasteiger partial charge in [-0.25, -0.2) is 0 Å². The maximum absolute atomic E-state index is 3.79. The number of hydrogen-bond acceptors (Lipinski definition) is 2. The second-order valence-corrected chi connectivity index (χ2v) is 24.1. The highest BCUT2D eigenvalue weighted by atomic mass is 79.9. The fraction of sp³-hybridized carbons (Fsp3) is 0. The van der Waals surface area contributed by atoms with Gasteiger partial charge >= 0.3 is 0 Å². The van der Waals surface area contributed by atoms with Crippen LogP contribution in [0.2, 0.25) is 0 Å². The molecule has 0 fully saturated rings. The maximum Gasteiger partial charge on any atom is 0.0618 e. The Morgan fingerprint density at radius 1 is 0.226 bits per heavy atom. The number of rotatable bonds is 9. The number of nitrogens with zero attached hydrogens (tertiary/aromatic N) is 3. The number of aromatic nitrogens is 2. The van der Waals surface area contributed by atoms with Crippen molar-refractivity contribution in [2.24, 2.45) is 0 Å². The molecule has 0 unspecified atom stereocenters. The Bertz CT molecular complexity index is 5490. The third kappa shape index (κ3) is 10.5. The summed E-state index contributed by atoms with van der Waals surface area (Å²) in [5.74, 6) is 0. The molecule has 18 rings (SSSR count). The second kappa shape index (κ2) is 24.9. The molecule has 0 aliphatic heterocycles. The summed E-state index contributed by atoms with van der Waals surface area (Å²) in [7, 11) is 0. The van der Waals surface area contributed by atoms with E-state index in [1.54, 1.807) is 0 Å². The maximum atomic E-state index is 3.79. The first kappa shape index (κ1) is 56.5. The predicted molar refractivity (Wildman–Crippen MR) is 401 cm³/mol. The van der Waals surface area contributed by atoms with Crippen molar-refractivity contribution in [3.05, 3.63) is 368 Å². The van der Waals surface area contributed by atoms with E-state index < -0.39 is 0 Å². The van der Waals surface area contributed by atoms with Gasteiger partial charge in [-0.3, -0.25) is 0 Å². The van der Waals surface area contributed by atoms with Crippen LogP contribution in [0.5, 0.6) is 0 Å². The van der Waals surface area contributed by atoms with E-state index in [1.807, 2.05) is 18.2 Å². The highest BCUT2D eigenvalue weighted by molar-refractivity contribution is 9.10. The van der Waals surface area contributed by atoms with E-state index >= 15 is 0 Å². The highest BCUT2D eigenvalue weighted by Gasteiger charge is 2.23. The van der Waals surface area contributed by atoms with E-state index in [2.05, 4.69) is 381 Å². The van der Waals surface area contributed by atoms with E-state index in [-0.39, 0.29) is 0 Å². The van der Waals surface area contributed by atoms with Gasteiger partial charge in [0.15, 0.2) is 0 Å². The molecule has 16 aromatic carbocycles. The zero-order chi connectivity index (χ0) is 62.0. The van der Waals surface area contributed by atoms with Gasteiger partial charge in [-0.15, -0.1) is 0 Å². The summed E-state index contributed by atoms with van der Waals surface area (Å²) >= 11 is 3.79. The smallest absolute Gasteiger partial charge is 0.0618 e. The lowest BCUT2D eigenvalue weighted by molar-refractivity contribution is 1.17. The first-order valence-electron chi connectivity index (χ1n) is 31.6. The summed E-state index contributed by atoms with van der Waals surface area (Å²) in [6, 6.07) is 129. The molecule has 0 saturated heterocycles. The van der Waals surface area contributed by atoms with Crippen molar-refractivity contribution in [1.29, 1.82) is 0 Å². The quantitative estimate of drug-likeness (QED) is 0.146. The summed E-state index contributed by atoms with van der Waals surface area (Å²) in [6.07, 6.45) is 0. The lowest BCUT2D eigenvalue weighted by atomic mass is 9.90. The minimum atomic E-state index is 1.08. The average molecular weight is 1250 g/mol. The molecule has 0 aliphatic rings. The number of fused-ring (bicyclic) bond motifs is 10. The van der Waals surface area contributed by atoms with Gasteiger partial charge in [-0.1, -0.05) is 267 Å². The normalized spacial score (nSPS) is 11.3. The Morgan fingerprint density at radius 2 is 0.495 bits per heavy atom. The van der Waals surface area contributed by atoms with E-state index in [0.29, 0.717) is 0 Å². The Balaban J connectivity index is 0.000000123. The molecule has 93 heavy (non-hydrogen) atoms. The summed E-state index contributed by atoms with van der Waals surface area (Å²) in [6.45, 7) is 0. The lowest BCUT2D eigenvalue weighted by Crippen LogP contribution is -2.11. The molecule has 0 spiro atoms. The van der Waals surface area contributed by atoms with Crippen LogP contribution in [0.3, 0.4) is 0 Å². The van der Waals surface area contributed by atoms with Crippen molar-refractivity contribution in [1.82, 2.24) is 9.13 Å². The molecule has 0 amide bonds. The first-order chi connectivity index (χ1) is 46.1. The molecular weight excluding hydrogens is 1190 g/mol. The highest BCUT2D eigenvalue weighted by Crippen LogP contribution is 2.49. The molecule has 4 nitrogen and oxygen atoms in total. The molecule has 18 aromatic rings. The first-order valence-corrected chi connectivity index (χ1v) is 32.4. The molecular formula is C88H61BrN4. The van der Waals surface area contributed by atoms with Crippen LogP contribution in [0.15, 0.2) is 368 Å². The predicted octanol–water partition coefficient (Wildman–Crippen LogP) is 25.2. The minimum Gasteiger partial charge on any atom is -0.356 e. The lowest BCUT2D eigenvalue weighted by Gasteiger charge is -2.29. The largest absolute Gasteiger partial charge is 0.356 e. The van der Waals surface area contributed by atoms with Gasteiger partial charge in [-0.2, -0.15) is 0 Å². The fourth-order valence-electron chi connectivity index (χ4n) is 13.8. The molecule has 5 heteroatoms. The molecule has 440 valence electrons. The molecule has 0 saturated carbocycles. The van der Waals surface area contributed by atoms with Crippen LogP contribution >= 0.6 is 15.9 Å². The summed E-state index contributed by atoms with van der Waals surface area (Å²) in [5.41, 5.74) is 17.9. The number of anilines is 5. The summed E-state index contributed by atoms with van der Waals surface area (Å²) < 4.78 is 5.88. The van der Waals surface area contributed by atoms with Crippen LogP contribution < -0.4 is 10.2 Å². The SMILES string of the molecule is Brc1c2ccccc2c(-c2ccccc2)c2ccccc12.c1ccc(-c2c3ccccc3c(N(c3ccccc3)c3ccc(-n4c5ccccc5c5ccccc54)cc3)c3ccccc23)cc1.c1ccc(Nc2ccc(-n3c4ccccc4c4ccccc43)cc2)cc1. The van der Waals surface area contributed by atoms with Crippen LogP contribution in [0.1, 0.15) is 0 Å². The topological polar surface area (TPSA) is 25.1 Å². The van der Waals surface area contributed by atoms with Crippen molar-refractivity contribution in [3.63, 3.8) is 0 Å². The molecule has 2 aromatic heterocycles. The molecule has 1 N–H and O–H groups in total. The second-order valence-electron chi connectivity index (χ2n) is 23.3. The van der Waals surface area contributed by atoms with Gasteiger partial charge in [0.25, 0.3) is 0 Å². The van der Waals surface area contributed by atoms with Gasteiger partial charge in [-0.05, 0) is 168 Å². The number of benzene rings is 16. The fourth-order valence-corrected chi connectivity index (χ4v) is 14.5. The Morgan fingerprint density at radius 3 is 0.882 bits per heavy atom. The van der Waals surface area contributed by atoms with Crippen molar-refractivity contribution in [2.75, 3.05) is 10.2 Å². The van der Waals surface area contributed by atoms with Crippen LogP contribution in [-0.2, 0) is 0 Å². The number of hydrogen-bond donors (Lipinski definition) is 1. The van der Waals surface area contributed by atoms with E-state index in [0.717, 1.165) is 28.4 Å². The van der Waals surface area contributed by atoms with Gasteiger partial charge in [0.1, 0.15) is 0 Å². The van der Waals surface area contributed by atoms with Crippen LogP contribution in [-0.4, -0.2) is 9.13 Å². The third-order valence-electron chi connectivity index (χ3n) is 17.8. The molecule has 0 radical (unpaired) electrons. The van der Waals surface area contributed by atoms with E-state index in [4.69, 9.17) is 0 Å². The standard InChI is InChI=1S/C44H30N2.C24H18N2.C20H13Br/c1-3-15-31(16-4-1)43-37-21-7-9-23-39(37)44(40-24-10-8-22-38(40)43)45(32-17-5-2-6-18-32)33-27-29-34(30-28-33)46-41-25-13-11-19-35(41)36-20-12-14-26-42(36)46;1-2-8-18(9-3-1)25-19-14-16-20(17-15-19)26-23-12-6-4-10-21(23)22-11-5-7-13-24(22)26;21-20-17-12-6-4-10-15(17)19(14-8-2-1-3-9-14)16-11-5-7-13-18(16)20/h1-30H;1-17,25H;1-13H. The number of halogens is 1. The van der Waals surface area contributed by atoms with E-state index in [1.165, 1.54) is 125 Å². The summed E-state index contributed by atoms with van der Waals surface area (Å²) in [4.78, 5) is 2.43. The van der Waals surface area contributed by atoms with Crippen molar-refractivity contribution >= 4 is 131 Å². The monoisotopic (exact) mass is 1250 g/mol.